The number of nitrogens with zero attached hydrogens (tertiary/aromatic N) is 2. The van der Waals surface area contributed by atoms with Gasteiger partial charge in [0.05, 0.1) is 11.1 Å². The van der Waals surface area contributed by atoms with E-state index in [9.17, 15) is 9.18 Å². The lowest BCUT2D eigenvalue weighted by Gasteiger charge is -2.11. The number of carbonyl (C=O) groups is 1. The van der Waals surface area contributed by atoms with Gasteiger partial charge in [-0.1, -0.05) is 44.2 Å². The van der Waals surface area contributed by atoms with E-state index in [2.05, 4.69) is 29.1 Å². The summed E-state index contributed by atoms with van der Waals surface area (Å²) in [6.07, 6.45) is 2.39. The van der Waals surface area contributed by atoms with E-state index in [1.54, 1.807) is 18.3 Å². The number of hydrogen-bond donors (Lipinski definition) is 1. The van der Waals surface area contributed by atoms with Crippen molar-refractivity contribution in [2.75, 3.05) is 5.32 Å². The van der Waals surface area contributed by atoms with Gasteiger partial charge in [-0.15, -0.1) is 11.3 Å². The molecule has 0 atom stereocenters. The number of pyridine rings is 1. The van der Waals surface area contributed by atoms with Crippen LogP contribution in [0, 0.1) is 5.82 Å². The zero-order chi connectivity index (χ0) is 20.4. The van der Waals surface area contributed by atoms with E-state index in [0.29, 0.717) is 17.1 Å². The fourth-order valence-electron chi connectivity index (χ4n) is 3.09. The summed E-state index contributed by atoms with van der Waals surface area (Å²) in [6.45, 7) is 4.11. The first-order valence-corrected chi connectivity index (χ1v) is 10.2. The van der Waals surface area contributed by atoms with Crippen LogP contribution in [-0.4, -0.2) is 15.9 Å². The summed E-state index contributed by atoms with van der Waals surface area (Å²) in [6, 6.07) is 15.9. The molecule has 2 aromatic carbocycles. The molecule has 1 N–H and O–H groups in total. The van der Waals surface area contributed by atoms with Gasteiger partial charge in [-0.2, -0.15) is 0 Å². The first kappa shape index (κ1) is 19.2. The number of aromatic nitrogens is 2. The third-order valence-electron chi connectivity index (χ3n) is 4.64. The number of para-hydroxylation sites is 1. The SMILES string of the molecule is CC(C)c1cc(C(=O)Nc2ncc(Cc3ccc(F)cc3)s2)c2ccccc2n1. The van der Waals surface area contributed by atoms with Gasteiger partial charge < -0.3 is 0 Å². The number of halogens is 1. The Morgan fingerprint density at radius 3 is 2.66 bits per heavy atom. The zero-order valence-electron chi connectivity index (χ0n) is 16.1. The van der Waals surface area contributed by atoms with E-state index in [1.165, 1.54) is 23.5 Å². The normalized spacial score (nSPS) is 11.2. The maximum Gasteiger partial charge on any atom is 0.258 e. The van der Waals surface area contributed by atoms with Gasteiger partial charge in [-0.05, 0) is 35.7 Å². The third kappa shape index (κ3) is 4.32. The third-order valence-corrected chi connectivity index (χ3v) is 5.55. The Kier molecular flexibility index (Phi) is 5.36. The Bertz CT molecular complexity index is 1170. The van der Waals surface area contributed by atoms with Gasteiger partial charge in [0.25, 0.3) is 5.91 Å². The Morgan fingerprint density at radius 1 is 1.14 bits per heavy atom. The monoisotopic (exact) mass is 405 g/mol. The van der Waals surface area contributed by atoms with Gasteiger partial charge in [-0.25, -0.2) is 9.37 Å². The molecule has 0 spiro atoms. The summed E-state index contributed by atoms with van der Waals surface area (Å²) in [5.74, 6) is -0.238. The minimum Gasteiger partial charge on any atom is -0.298 e. The molecule has 0 radical (unpaired) electrons. The molecule has 4 aromatic rings. The van der Waals surface area contributed by atoms with Crippen LogP contribution in [0.3, 0.4) is 0 Å². The van der Waals surface area contributed by atoms with E-state index < -0.39 is 0 Å². The molecule has 4 nitrogen and oxygen atoms in total. The quantitative estimate of drug-likeness (QED) is 0.457. The largest absolute Gasteiger partial charge is 0.298 e. The molecule has 146 valence electrons. The Labute approximate surface area is 172 Å². The van der Waals surface area contributed by atoms with Crippen LogP contribution in [0.1, 0.15) is 46.3 Å². The predicted octanol–water partition coefficient (Wildman–Crippen LogP) is 5.80. The molecular weight excluding hydrogens is 385 g/mol. The van der Waals surface area contributed by atoms with Crippen LogP contribution >= 0.6 is 11.3 Å². The standard InChI is InChI=1S/C23H20FN3OS/c1-14(2)21-12-19(18-5-3-4-6-20(18)26-21)22(28)27-23-25-13-17(29-23)11-15-7-9-16(24)10-8-15/h3-10,12-14H,11H2,1-2H3,(H,25,27,28). The lowest BCUT2D eigenvalue weighted by Crippen LogP contribution is -2.13. The van der Waals surface area contributed by atoms with Crippen LogP contribution in [-0.2, 0) is 6.42 Å². The van der Waals surface area contributed by atoms with E-state index in [-0.39, 0.29) is 17.6 Å². The van der Waals surface area contributed by atoms with Crippen LogP contribution < -0.4 is 5.32 Å². The maximum atomic E-state index is 13.1. The van der Waals surface area contributed by atoms with E-state index >= 15 is 0 Å². The minimum atomic E-state index is -0.253. The van der Waals surface area contributed by atoms with Crippen molar-refractivity contribution < 1.29 is 9.18 Å². The first-order chi connectivity index (χ1) is 14.0. The number of amides is 1. The highest BCUT2D eigenvalue weighted by molar-refractivity contribution is 7.15. The average molecular weight is 405 g/mol. The lowest BCUT2D eigenvalue weighted by atomic mass is 10.0. The number of anilines is 1. The maximum absolute atomic E-state index is 13.1. The Balaban J connectivity index is 1.57. The van der Waals surface area contributed by atoms with Gasteiger partial charge in [-0.3, -0.25) is 15.1 Å². The van der Waals surface area contributed by atoms with Gasteiger partial charge >= 0.3 is 0 Å². The van der Waals surface area contributed by atoms with Crippen molar-refractivity contribution in [3.05, 3.63) is 88.3 Å². The molecule has 2 aromatic heterocycles. The summed E-state index contributed by atoms with van der Waals surface area (Å²) in [5.41, 5.74) is 3.27. The number of carbonyl (C=O) groups excluding carboxylic acids is 1. The highest BCUT2D eigenvalue weighted by Crippen LogP contribution is 2.25. The minimum absolute atomic E-state index is 0.201. The Morgan fingerprint density at radius 2 is 1.90 bits per heavy atom. The fraction of sp³-hybridized carbons (Fsp3) is 0.174. The highest BCUT2D eigenvalue weighted by Gasteiger charge is 2.16. The molecule has 0 aliphatic carbocycles. The first-order valence-electron chi connectivity index (χ1n) is 9.40. The van der Waals surface area contributed by atoms with E-state index in [4.69, 9.17) is 0 Å². The second-order valence-electron chi connectivity index (χ2n) is 7.16. The smallest absolute Gasteiger partial charge is 0.258 e. The number of hydrogen-bond acceptors (Lipinski definition) is 4. The van der Waals surface area contributed by atoms with Crippen molar-refractivity contribution in [3.63, 3.8) is 0 Å². The van der Waals surface area contributed by atoms with Crippen molar-refractivity contribution in [3.8, 4) is 0 Å². The van der Waals surface area contributed by atoms with E-state index in [1.807, 2.05) is 30.3 Å². The predicted molar refractivity (Wildman–Crippen MR) is 115 cm³/mol. The van der Waals surface area contributed by atoms with Crippen molar-refractivity contribution in [1.82, 2.24) is 9.97 Å². The number of nitrogens with one attached hydrogen (secondary N) is 1. The van der Waals surface area contributed by atoms with Crippen molar-refractivity contribution in [2.45, 2.75) is 26.2 Å². The van der Waals surface area contributed by atoms with Gasteiger partial charge in [0.2, 0.25) is 0 Å². The number of benzene rings is 2. The van der Waals surface area contributed by atoms with Gasteiger partial charge in [0, 0.05) is 28.6 Å². The van der Waals surface area contributed by atoms with Gasteiger partial charge in [0.15, 0.2) is 5.13 Å². The van der Waals surface area contributed by atoms with Crippen LogP contribution in [0.2, 0.25) is 0 Å². The summed E-state index contributed by atoms with van der Waals surface area (Å²) in [4.78, 5) is 23.0. The van der Waals surface area contributed by atoms with Crippen LogP contribution in [0.15, 0.2) is 60.8 Å². The zero-order valence-corrected chi connectivity index (χ0v) is 17.0. The fourth-order valence-corrected chi connectivity index (χ4v) is 3.94. The second-order valence-corrected chi connectivity index (χ2v) is 8.27. The van der Waals surface area contributed by atoms with Gasteiger partial charge in [0.1, 0.15) is 5.82 Å². The molecule has 0 unspecified atom stereocenters. The molecule has 0 aliphatic rings. The molecule has 0 aliphatic heterocycles. The molecule has 0 saturated carbocycles. The molecule has 6 heteroatoms. The van der Waals surface area contributed by atoms with Crippen molar-refractivity contribution in [1.29, 1.82) is 0 Å². The van der Waals surface area contributed by atoms with Crippen LogP contribution in [0.4, 0.5) is 9.52 Å². The highest BCUT2D eigenvalue weighted by atomic mass is 32.1. The molecule has 4 rings (SSSR count). The Hall–Kier alpha value is -3.12. The van der Waals surface area contributed by atoms with Crippen molar-refractivity contribution >= 4 is 33.3 Å². The summed E-state index contributed by atoms with van der Waals surface area (Å²) in [5, 5.41) is 4.27. The molecule has 29 heavy (non-hydrogen) atoms. The summed E-state index contributed by atoms with van der Waals surface area (Å²) >= 11 is 1.42. The van der Waals surface area contributed by atoms with Crippen molar-refractivity contribution in [2.24, 2.45) is 0 Å². The van der Waals surface area contributed by atoms with E-state index in [0.717, 1.165) is 27.0 Å². The van der Waals surface area contributed by atoms with Crippen LogP contribution in [0.5, 0.6) is 0 Å². The number of rotatable bonds is 5. The molecule has 0 saturated heterocycles. The summed E-state index contributed by atoms with van der Waals surface area (Å²) in [7, 11) is 0. The second kappa shape index (κ2) is 8.09. The summed E-state index contributed by atoms with van der Waals surface area (Å²) < 4.78 is 13.1. The molecular formula is C23H20FN3OS. The lowest BCUT2D eigenvalue weighted by molar-refractivity contribution is 0.102. The number of fused-ring (bicyclic) bond motifs is 1. The number of thiazole rings is 1. The molecule has 0 fully saturated rings. The molecule has 2 heterocycles. The average Bonchev–Trinajstić information content (AvgIpc) is 3.15. The molecule has 0 bridgehead atoms. The van der Waals surface area contributed by atoms with Crippen LogP contribution in [0.25, 0.3) is 10.9 Å². The molecule has 1 amide bonds. The topological polar surface area (TPSA) is 54.9 Å².